The molecular weight excluding hydrogens is 172 g/mol. The van der Waals surface area contributed by atoms with Crippen molar-refractivity contribution in [2.45, 2.75) is 0 Å². The first-order chi connectivity index (χ1) is 3.96. The van der Waals surface area contributed by atoms with Crippen LogP contribution in [-0.4, -0.2) is 23.6 Å². The molecule has 1 aliphatic heterocycles. The lowest BCUT2D eigenvalue weighted by molar-refractivity contribution is 0.163. The third-order valence-electron chi connectivity index (χ3n) is 0.635. The molecule has 0 unspecified atom stereocenters. The molecule has 0 radical (unpaired) electrons. The maximum absolute atomic E-state index is 10.1. The minimum absolute atomic E-state index is 0.745. The molecule has 1 heterocycles. The first kappa shape index (κ1) is 6.93. The molecule has 0 aromatic heterocycles. The van der Waals surface area contributed by atoms with Gasteiger partial charge in [-0.3, -0.25) is 0 Å². The van der Waals surface area contributed by atoms with E-state index < -0.39 is 25.1 Å². The number of hydrogen-bond acceptors (Lipinski definition) is 6. The van der Waals surface area contributed by atoms with Crippen molar-refractivity contribution in [1.29, 1.82) is 0 Å². The van der Waals surface area contributed by atoms with E-state index in [1.165, 1.54) is 0 Å². The van der Waals surface area contributed by atoms with Gasteiger partial charge in [0.05, 0.1) is 0 Å². The van der Waals surface area contributed by atoms with Crippen LogP contribution in [-0.2, 0) is 26.7 Å². The molecule has 0 N–H and O–H groups in total. The Labute approximate surface area is 51.0 Å². The van der Waals surface area contributed by atoms with Crippen molar-refractivity contribution in [3.63, 3.8) is 0 Å². The maximum atomic E-state index is 10.1. The predicted molar refractivity (Wildman–Crippen MR) is 24.9 cm³/mol. The van der Waals surface area contributed by atoms with Gasteiger partial charge in [0.25, 0.3) is 0 Å². The SMILES string of the molecule is O=S1(=O)OCOS1(=O)=O. The highest BCUT2D eigenvalue weighted by Gasteiger charge is 2.39. The zero-order valence-corrected chi connectivity index (χ0v) is 5.61. The molecule has 0 aromatic carbocycles. The van der Waals surface area contributed by atoms with E-state index in [4.69, 9.17) is 0 Å². The van der Waals surface area contributed by atoms with Crippen LogP contribution in [0.1, 0.15) is 0 Å². The molecule has 0 aromatic rings. The lowest BCUT2D eigenvalue weighted by Gasteiger charge is -1.83. The van der Waals surface area contributed by atoms with Gasteiger partial charge in [0, 0.05) is 0 Å². The van der Waals surface area contributed by atoms with Gasteiger partial charge < -0.3 is 0 Å². The summed E-state index contributed by atoms with van der Waals surface area (Å²) in [7, 11) is -8.95. The first-order valence-corrected chi connectivity index (χ1v) is 5.08. The second-order valence-electron chi connectivity index (χ2n) is 1.17. The topological polar surface area (TPSA) is 86.7 Å². The van der Waals surface area contributed by atoms with Crippen LogP contribution in [0.15, 0.2) is 0 Å². The molecule has 1 aliphatic rings. The van der Waals surface area contributed by atoms with E-state index in [1.54, 1.807) is 0 Å². The highest BCUT2D eigenvalue weighted by molar-refractivity contribution is 8.63. The third kappa shape index (κ3) is 0.936. The molecule has 6 nitrogen and oxygen atoms in total. The van der Waals surface area contributed by atoms with Crippen molar-refractivity contribution < 1.29 is 25.2 Å². The van der Waals surface area contributed by atoms with Crippen LogP contribution in [0, 0.1) is 0 Å². The van der Waals surface area contributed by atoms with E-state index in [0.717, 1.165) is 0 Å². The highest BCUT2D eigenvalue weighted by atomic mass is 33.2. The lowest BCUT2D eigenvalue weighted by Crippen LogP contribution is -2.07. The van der Waals surface area contributed by atoms with Gasteiger partial charge in [-0.1, -0.05) is 0 Å². The lowest BCUT2D eigenvalue weighted by atomic mass is 11.6. The van der Waals surface area contributed by atoms with Gasteiger partial charge in [-0.15, -0.1) is 0 Å². The van der Waals surface area contributed by atoms with Crippen molar-refractivity contribution in [3.8, 4) is 0 Å². The average Bonchev–Trinajstić information content (AvgIpc) is 1.81. The summed E-state index contributed by atoms with van der Waals surface area (Å²) in [4.78, 5) is 0. The molecule has 0 amide bonds. The molecule has 1 saturated heterocycles. The Balaban J connectivity index is 3.36. The van der Waals surface area contributed by atoms with Crippen molar-refractivity contribution in [1.82, 2.24) is 0 Å². The highest BCUT2D eigenvalue weighted by Crippen LogP contribution is 2.14. The normalized spacial score (nSPS) is 30.2. The monoisotopic (exact) mass is 174 g/mol. The molecule has 1 rings (SSSR count). The average molecular weight is 174 g/mol. The molecule has 1 fully saturated rings. The molecule has 0 bridgehead atoms. The Morgan fingerprint density at radius 3 is 1.33 bits per heavy atom. The second-order valence-corrected chi connectivity index (χ2v) is 5.72. The Morgan fingerprint density at radius 1 is 0.889 bits per heavy atom. The van der Waals surface area contributed by atoms with Crippen molar-refractivity contribution in [2.24, 2.45) is 0 Å². The zero-order valence-electron chi connectivity index (χ0n) is 3.97. The summed E-state index contributed by atoms with van der Waals surface area (Å²) in [6.07, 6.45) is 0. The van der Waals surface area contributed by atoms with E-state index in [9.17, 15) is 16.8 Å². The van der Waals surface area contributed by atoms with Crippen LogP contribution in [0.2, 0.25) is 0 Å². The number of hydrogen-bond donors (Lipinski definition) is 0. The van der Waals surface area contributed by atoms with Crippen LogP contribution in [0.5, 0.6) is 0 Å². The molecule has 0 spiro atoms. The quantitative estimate of drug-likeness (QED) is 0.418. The van der Waals surface area contributed by atoms with E-state index in [0.29, 0.717) is 0 Å². The Bertz CT molecular complexity index is 260. The Kier molecular flexibility index (Phi) is 1.28. The predicted octanol–water partition coefficient (Wildman–Crippen LogP) is -1.43. The van der Waals surface area contributed by atoms with Gasteiger partial charge in [0.2, 0.25) is 0 Å². The molecule has 0 atom stereocenters. The summed E-state index contributed by atoms with van der Waals surface area (Å²) in [6.45, 7) is -0.745. The summed E-state index contributed by atoms with van der Waals surface area (Å²) in [5.74, 6) is 0. The van der Waals surface area contributed by atoms with Gasteiger partial charge in [-0.25, -0.2) is 8.37 Å². The van der Waals surface area contributed by atoms with Crippen LogP contribution in [0.4, 0.5) is 0 Å². The summed E-state index contributed by atoms with van der Waals surface area (Å²) in [6, 6.07) is 0. The van der Waals surface area contributed by atoms with Gasteiger partial charge in [-0.2, -0.15) is 16.8 Å². The summed E-state index contributed by atoms with van der Waals surface area (Å²) in [5, 5.41) is 0. The van der Waals surface area contributed by atoms with Crippen molar-refractivity contribution in [3.05, 3.63) is 0 Å². The summed E-state index contributed by atoms with van der Waals surface area (Å²) in [5.41, 5.74) is 0. The van der Waals surface area contributed by atoms with Gasteiger partial charge in [0.1, 0.15) is 0 Å². The fraction of sp³-hybridized carbons (Fsp3) is 1.00. The van der Waals surface area contributed by atoms with Crippen LogP contribution in [0.3, 0.4) is 0 Å². The Hall–Kier alpha value is -0.180. The zero-order chi connectivity index (χ0) is 7.12. The second kappa shape index (κ2) is 1.66. The molecule has 8 heteroatoms. The largest absolute Gasteiger partial charge is 0.402 e. The fourth-order valence-electron chi connectivity index (χ4n) is 0.255. The molecule has 0 saturated carbocycles. The molecule has 9 heavy (non-hydrogen) atoms. The maximum Gasteiger partial charge on any atom is 0.402 e. The standard InChI is InChI=1S/CH2O6S2/c2-8(3)6-1-7-9(8,4)5/h1H2. The van der Waals surface area contributed by atoms with Crippen LogP contribution < -0.4 is 0 Å². The molecule has 54 valence electrons. The van der Waals surface area contributed by atoms with Crippen molar-refractivity contribution >= 4 is 18.3 Å². The summed E-state index contributed by atoms with van der Waals surface area (Å²) < 4.78 is 48.0. The van der Waals surface area contributed by atoms with Gasteiger partial charge in [0.15, 0.2) is 6.79 Å². The van der Waals surface area contributed by atoms with E-state index >= 15 is 0 Å². The molecule has 0 aliphatic carbocycles. The smallest absolute Gasteiger partial charge is 0.226 e. The van der Waals surface area contributed by atoms with E-state index in [-0.39, 0.29) is 0 Å². The number of rotatable bonds is 0. The van der Waals surface area contributed by atoms with Gasteiger partial charge in [-0.05, 0) is 0 Å². The minimum atomic E-state index is -4.47. The minimum Gasteiger partial charge on any atom is -0.226 e. The van der Waals surface area contributed by atoms with E-state index in [2.05, 4.69) is 8.37 Å². The van der Waals surface area contributed by atoms with Crippen LogP contribution >= 0.6 is 0 Å². The van der Waals surface area contributed by atoms with Gasteiger partial charge >= 0.3 is 18.3 Å². The Morgan fingerprint density at radius 2 is 1.22 bits per heavy atom. The fourth-order valence-corrected chi connectivity index (χ4v) is 1.83. The van der Waals surface area contributed by atoms with Crippen LogP contribution in [0.25, 0.3) is 0 Å². The third-order valence-corrected chi connectivity index (χ3v) is 3.98. The summed E-state index contributed by atoms with van der Waals surface area (Å²) >= 11 is 0. The molecular formula is CH2O6S2. The van der Waals surface area contributed by atoms with Crippen molar-refractivity contribution in [2.75, 3.05) is 6.79 Å². The van der Waals surface area contributed by atoms with E-state index in [1.807, 2.05) is 0 Å². The first-order valence-electron chi connectivity index (χ1n) is 1.74.